The Morgan fingerprint density at radius 3 is 2.50 bits per heavy atom. The maximum absolute atomic E-state index is 12.5. The number of thiocarbonyl (C=S) groups is 1. The van der Waals surface area contributed by atoms with E-state index in [-0.39, 0.29) is 11.0 Å². The molecule has 1 amide bonds. The molecule has 0 aliphatic heterocycles. The van der Waals surface area contributed by atoms with Gasteiger partial charge >= 0.3 is 5.63 Å². The minimum Gasteiger partial charge on any atom is -0.496 e. The number of benzene rings is 3. The highest BCUT2D eigenvalue weighted by Gasteiger charge is 2.14. The molecule has 7 heteroatoms. The SMILES string of the molecule is COc1ccccc1C(=O)NC(=S)Nc1ccc(-c2cc3ccccc3oc2=O)c(C)c1. The fraction of sp³-hybridized carbons (Fsp3) is 0.0800. The van der Waals surface area contributed by atoms with Crippen LogP contribution in [0.4, 0.5) is 5.69 Å². The molecule has 1 aromatic heterocycles. The maximum Gasteiger partial charge on any atom is 0.344 e. The number of hydrogen-bond donors (Lipinski definition) is 2. The molecule has 6 nitrogen and oxygen atoms in total. The molecule has 4 aromatic rings. The van der Waals surface area contributed by atoms with E-state index in [4.69, 9.17) is 21.4 Å². The summed E-state index contributed by atoms with van der Waals surface area (Å²) >= 11 is 5.29. The van der Waals surface area contributed by atoms with E-state index in [9.17, 15) is 9.59 Å². The van der Waals surface area contributed by atoms with E-state index in [1.165, 1.54) is 7.11 Å². The summed E-state index contributed by atoms with van der Waals surface area (Å²) < 4.78 is 10.7. The van der Waals surface area contributed by atoms with Gasteiger partial charge in [-0.25, -0.2) is 4.79 Å². The highest BCUT2D eigenvalue weighted by Crippen LogP contribution is 2.26. The first kappa shape index (κ1) is 21.3. The minimum absolute atomic E-state index is 0.151. The lowest BCUT2D eigenvalue weighted by atomic mass is 10.0. The van der Waals surface area contributed by atoms with Crippen molar-refractivity contribution in [3.05, 3.63) is 94.3 Å². The predicted molar refractivity (Wildman–Crippen MR) is 129 cm³/mol. The summed E-state index contributed by atoms with van der Waals surface area (Å²) in [6.45, 7) is 1.89. The number of fused-ring (bicyclic) bond motifs is 1. The average Bonchev–Trinajstić information content (AvgIpc) is 2.79. The third kappa shape index (κ3) is 4.38. The smallest absolute Gasteiger partial charge is 0.344 e. The molecule has 1 heterocycles. The molecule has 2 N–H and O–H groups in total. The third-order valence-electron chi connectivity index (χ3n) is 4.99. The zero-order valence-electron chi connectivity index (χ0n) is 17.5. The van der Waals surface area contributed by atoms with Crippen LogP contribution in [0.1, 0.15) is 15.9 Å². The van der Waals surface area contributed by atoms with Gasteiger partial charge in [0.25, 0.3) is 5.91 Å². The second kappa shape index (κ2) is 9.03. The lowest BCUT2D eigenvalue weighted by molar-refractivity contribution is 0.0975. The Kier molecular flexibility index (Phi) is 6.00. The number of carbonyl (C=O) groups excluding carboxylic acids is 1. The lowest BCUT2D eigenvalue weighted by Gasteiger charge is -2.13. The Morgan fingerprint density at radius 2 is 1.72 bits per heavy atom. The van der Waals surface area contributed by atoms with Crippen molar-refractivity contribution in [1.29, 1.82) is 0 Å². The van der Waals surface area contributed by atoms with Crippen LogP contribution in [0.2, 0.25) is 0 Å². The Bertz CT molecular complexity index is 1390. The predicted octanol–water partition coefficient (Wildman–Crippen LogP) is 4.90. The van der Waals surface area contributed by atoms with Crippen LogP contribution in [0.15, 0.2) is 82.0 Å². The van der Waals surface area contributed by atoms with Crippen LogP contribution in [-0.4, -0.2) is 18.1 Å². The van der Waals surface area contributed by atoms with E-state index in [2.05, 4.69) is 10.6 Å². The minimum atomic E-state index is -0.396. The molecule has 0 aliphatic carbocycles. The number of hydrogen-bond acceptors (Lipinski definition) is 5. The number of anilines is 1. The van der Waals surface area contributed by atoms with Crippen molar-refractivity contribution in [1.82, 2.24) is 5.32 Å². The molecule has 4 rings (SSSR count). The van der Waals surface area contributed by atoms with E-state index >= 15 is 0 Å². The van der Waals surface area contributed by atoms with Gasteiger partial charge in [0.05, 0.1) is 18.2 Å². The molecule has 3 aromatic carbocycles. The van der Waals surface area contributed by atoms with Crippen molar-refractivity contribution < 1.29 is 13.9 Å². The van der Waals surface area contributed by atoms with Crippen molar-refractivity contribution in [2.75, 3.05) is 12.4 Å². The second-order valence-electron chi connectivity index (χ2n) is 7.12. The van der Waals surface area contributed by atoms with Crippen molar-refractivity contribution in [3.63, 3.8) is 0 Å². The van der Waals surface area contributed by atoms with E-state index in [0.29, 0.717) is 28.1 Å². The van der Waals surface area contributed by atoms with Gasteiger partial charge in [-0.2, -0.15) is 0 Å². The molecular formula is C25H20N2O4S. The number of ether oxygens (including phenoxy) is 1. The van der Waals surface area contributed by atoms with Gasteiger partial charge in [-0.1, -0.05) is 36.4 Å². The quantitative estimate of drug-likeness (QED) is 0.344. The molecule has 0 bridgehead atoms. The number of nitrogens with one attached hydrogen (secondary N) is 2. The topological polar surface area (TPSA) is 80.6 Å². The summed E-state index contributed by atoms with van der Waals surface area (Å²) in [4.78, 5) is 25.0. The van der Waals surface area contributed by atoms with Crippen molar-refractivity contribution in [3.8, 4) is 16.9 Å². The average molecular weight is 445 g/mol. The van der Waals surface area contributed by atoms with E-state index < -0.39 is 5.63 Å². The van der Waals surface area contributed by atoms with Gasteiger partial charge in [-0.3, -0.25) is 10.1 Å². The normalized spacial score (nSPS) is 10.6. The fourth-order valence-corrected chi connectivity index (χ4v) is 3.67. The molecule has 0 fully saturated rings. The highest BCUT2D eigenvalue weighted by molar-refractivity contribution is 7.80. The molecule has 0 saturated heterocycles. The first-order chi connectivity index (χ1) is 15.5. The van der Waals surface area contributed by atoms with Crippen LogP contribution in [0.5, 0.6) is 5.75 Å². The van der Waals surface area contributed by atoms with Gasteiger partial charge in [0.2, 0.25) is 0 Å². The number of methoxy groups -OCH3 is 1. The van der Waals surface area contributed by atoms with Gasteiger partial charge in [0.15, 0.2) is 5.11 Å². The van der Waals surface area contributed by atoms with E-state index in [1.54, 1.807) is 36.4 Å². The molecular weight excluding hydrogens is 424 g/mol. The Hall–Kier alpha value is -3.97. The molecule has 0 unspecified atom stereocenters. The Balaban J connectivity index is 1.53. The van der Waals surface area contributed by atoms with Gasteiger partial charge in [0.1, 0.15) is 11.3 Å². The van der Waals surface area contributed by atoms with Crippen molar-refractivity contribution >= 4 is 39.9 Å². The molecule has 0 saturated carbocycles. The number of aryl methyl sites for hydroxylation is 1. The first-order valence-electron chi connectivity index (χ1n) is 9.85. The summed E-state index contributed by atoms with van der Waals surface area (Å²) in [5.41, 5.74) is 3.33. The molecule has 0 aliphatic rings. The largest absolute Gasteiger partial charge is 0.496 e. The van der Waals surface area contributed by atoms with Gasteiger partial charge in [0, 0.05) is 11.1 Å². The van der Waals surface area contributed by atoms with E-state index in [1.807, 2.05) is 43.3 Å². The lowest BCUT2D eigenvalue weighted by Crippen LogP contribution is -2.34. The van der Waals surface area contributed by atoms with Crippen LogP contribution in [0.3, 0.4) is 0 Å². The van der Waals surface area contributed by atoms with Gasteiger partial charge in [-0.15, -0.1) is 0 Å². The number of carbonyl (C=O) groups is 1. The van der Waals surface area contributed by atoms with Crippen molar-refractivity contribution in [2.45, 2.75) is 6.92 Å². The van der Waals surface area contributed by atoms with Gasteiger partial charge < -0.3 is 14.5 Å². The number of rotatable bonds is 4. The summed E-state index contributed by atoms with van der Waals surface area (Å²) in [7, 11) is 1.50. The molecule has 32 heavy (non-hydrogen) atoms. The van der Waals surface area contributed by atoms with Crippen LogP contribution in [-0.2, 0) is 0 Å². The summed E-state index contributed by atoms with van der Waals surface area (Å²) in [5, 5.41) is 6.65. The Morgan fingerprint density at radius 1 is 0.969 bits per heavy atom. The molecule has 0 atom stereocenters. The maximum atomic E-state index is 12.5. The van der Waals surface area contributed by atoms with Crippen LogP contribution in [0.25, 0.3) is 22.1 Å². The third-order valence-corrected chi connectivity index (χ3v) is 5.20. The monoisotopic (exact) mass is 444 g/mol. The molecule has 0 spiro atoms. The molecule has 0 radical (unpaired) electrons. The summed E-state index contributed by atoms with van der Waals surface area (Å²) in [6.07, 6.45) is 0. The zero-order chi connectivity index (χ0) is 22.7. The van der Waals surface area contributed by atoms with Crippen molar-refractivity contribution in [2.24, 2.45) is 0 Å². The Labute approximate surface area is 189 Å². The van der Waals surface area contributed by atoms with E-state index in [0.717, 1.165) is 16.5 Å². The summed E-state index contributed by atoms with van der Waals surface area (Å²) in [5.74, 6) is 0.0873. The van der Waals surface area contributed by atoms with Crippen LogP contribution < -0.4 is 21.0 Å². The van der Waals surface area contributed by atoms with Crippen LogP contribution >= 0.6 is 12.2 Å². The zero-order valence-corrected chi connectivity index (χ0v) is 18.3. The number of para-hydroxylation sites is 2. The molecule has 160 valence electrons. The standard InChI is InChI=1S/C25H20N2O4S/c1-15-13-17(26-25(32)27-23(28)19-8-4-6-10-22(19)30-2)11-12-18(15)20-14-16-7-3-5-9-21(16)31-24(20)29/h3-14H,1-2H3,(H2,26,27,28,32). The first-order valence-corrected chi connectivity index (χ1v) is 10.3. The van der Waals surface area contributed by atoms with Crippen LogP contribution in [0, 0.1) is 6.92 Å². The summed E-state index contributed by atoms with van der Waals surface area (Å²) in [6, 6.07) is 21.6. The highest BCUT2D eigenvalue weighted by atomic mass is 32.1. The second-order valence-corrected chi connectivity index (χ2v) is 7.53. The fourth-order valence-electron chi connectivity index (χ4n) is 3.46. The van der Waals surface area contributed by atoms with Gasteiger partial charge in [-0.05, 0) is 66.7 Å². The number of amides is 1.